The molecule has 0 heterocycles. The second-order valence-corrected chi connectivity index (χ2v) is 7.68. The lowest BCUT2D eigenvalue weighted by molar-refractivity contribution is -0.138. The Labute approximate surface area is 127 Å². The molecule has 0 aromatic heterocycles. The Bertz CT molecular complexity index is 625. The van der Waals surface area contributed by atoms with E-state index >= 15 is 0 Å². The summed E-state index contributed by atoms with van der Waals surface area (Å²) < 4.78 is 65.5. The molecule has 3 nitrogen and oxygen atoms in total. The molecule has 0 amide bonds. The van der Waals surface area contributed by atoms with Gasteiger partial charge in [0.25, 0.3) is 0 Å². The minimum absolute atomic E-state index is 0.337. The van der Waals surface area contributed by atoms with Gasteiger partial charge in [0.2, 0.25) is 10.0 Å². The van der Waals surface area contributed by atoms with Gasteiger partial charge in [-0.25, -0.2) is 13.1 Å². The van der Waals surface area contributed by atoms with Gasteiger partial charge in [-0.3, -0.25) is 0 Å². The predicted octanol–water partition coefficient (Wildman–Crippen LogP) is 3.70. The molecule has 0 fully saturated rings. The maximum absolute atomic E-state index is 12.8. The summed E-state index contributed by atoms with van der Waals surface area (Å²) in [4.78, 5) is -0.400. The van der Waals surface area contributed by atoms with Crippen molar-refractivity contribution in [3.05, 3.63) is 29.3 Å². The Morgan fingerprint density at radius 2 is 1.76 bits per heavy atom. The van der Waals surface area contributed by atoms with Crippen LogP contribution < -0.4 is 4.72 Å². The fourth-order valence-electron chi connectivity index (χ4n) is 1.70. The van der Waals surface area contributed by atoms with Crippen LogP contribution in [0.4, 0.5) is 13.2 Å². The van der Waals surface area contributed by atoms with Gasteiger partial charge >= 0.3 is 6.18 Å². The van der Waals surface area contributed by atoms with Crippen LogP contribution in [-0.4, -0.2) is 19.3 Å². The van der Waals surface area contributed by atoms with Crippen LogP contribution >= 0.6 is 11.6 Å². The van der Waals surface area contributed by atoms with Gasteiger partial charge in [0.05, 0.1) is 10.5 Å². The molecule has 21 heavy (non-hydrogen) atoms. The standard InChI is InChI=1S/C13H17ClF3NO2S/c1-8-10(13(15,16)17)6-5-7-11(8)21(19,20)18-12(3,4)9(2)14/h5-7,9,18H,1-4H3. The number of hydrogen-bond donors (Lipinski definition) is 1. The summed E-state index contributed by atoms with van der Waals surface area (Å²) >= 11 is 5.90. The van der Waals surface area contributed by atoms with Crippen LogP contribution in [0, 0.1) is 6.92 Å². The van der Waals surface area contributed by atoms with Gasteiger partial charge in [-0.15, -0.1) is 11.6 Å². The Morgan fingerprint density at radius 1 is 1.24 bits per heavy atom. The zero-order valence-electron chi connectivity index (χ0n) is 12.0. The molecule has 0 saturated heterocycles. The average molecular weight is 344 g/mol. The van der Waals surface area contributed by atoms with E-state index in [-0.39, 0.29) is 5.56 Å². The third-order valence-corrected chi connectivity index (χ3v) is 5.63. The molecule has 0 saturated carbocycles. The molecule has 1 rings (SSSR count). The first-order valence-corrected chi connectivity index (χ1v) is 8.06. The quantitative estimate of drug-likeness (QED) is 0.847. The monoisotopic (exact) mass is 343 g/mol. The molecule has 0 radical (unpaired) electrons. The third-order valence-electron chi connectivity index (χ3n) is 3.27. The van der Waals surface area contributed by atoms with Crippen LogP contribution in [0.2, 0.25) is 0 Å². The maximum Gasteiger partial charge on any atom is 0.416 e. The molecule has 0 aliphatic carbocycles. The van der Waals surface area contributed by atoms with Crippen LogP contribution in [0.25, 0.3) is 0 Å². The van der Waals surface area contributed by atoms with Crippen LogP contribution in [-0.2, 0) is 16.2 Å². The van der Waals surface area contributed by atoms with Crippen LogP contribution in [0.3, 0.4) is 0 Å². The Kier molecular flexibility index (Phi) is 5.02. The molecule has 1 aromatic carbocycles. The van der Waals surface area contributed by atoms with Crippen molar-refractivity contribution in [2.75, 3.05) is 0 Å². The van der Waals surface area contributed by atoms with E-state index in [0.717, 1.165) is 25.1 Å². The van der Waals surface area contributed by atoms with E-state index in [0.29, 0.717) is 0 Å². The zero-order chi connectivity index (χ0) is 16.6. The third kappa shape index (κ3) is 4.11. The molecule has 0 bridgehead atoms. The smallest absolute Gasteiger partial charge is 0.207 e. The highest BCUT2D eigenvalue weighted by molar-refractivity contribution is 7.89. The van der Waals surface area contributed by atoms with Gasteiger partial charge in [0.1, 0.15) is 0 Å². The molecule has 1 aromatic rings. The first-order valence-electron chi connectivity index (χ1n) is 6.14. The number of hydrogen-bond acceptors (Lipinski definition) is 2. The van der Waals surface area contributed by atoms with Gasteiger partial charge in [0.15, 0.2) is 0 Å². The van der Waals surface area contributed by atoms with Crippen LogP contribution in [0.1, 0.15) is 31.9 Å². The van der Waals surface area contributed by atoms with Crippen LogP contribution in [0.5, 0.6) is 0 Å². The van der Waals surface area contributed by atoms with E-state index in [9.17, 15) is 21.6 Å². The molecule has 1 N–H and O–H groups in total. The summed E-state index contributed by atoms with van der Waals surface area (Å²) in [6, 6.07) is 3.06. The van der Waals surface area contributed by atoms with E-state index in [1.165, 1.54) is 0 Å². The molecule has 1 unspecified atom stereocenters. The highest BCUT2D eigenvalue weighted by atomic mass is 35.5. The van der Waals surface area contributed by atoms with Crippen molar-refractivity contribution in [2.45, 2.75) is 49.7 Å². The Hall–Kier alpha value is -0.790. The average Bonchev–Trinajstić information content (AvgIpc) is 2.25. The van der Waals surface area contributed by atoms with Crippen molar-refractivity contribution in [1.82, 2.24) is 4.72 Å². The van der Waals surface area contributed by atoms with Crippen molar-refractivity contribution in [3.63, 3.8) is 0 Å². The van der Waals surface area contributed by atoms with Crippen molar-refractivity contribution in [2.24, 2.45) is 0 Å². The van der Waals surface area contributed by atoms with Gasteiger partial charge in [0, 0.05) is 10.9 Å². The van der Waals surface area contributed by atoms with Crippen molar-refractivity contribution >= 4 is 21.6 Å². The highest BCUT2D eigenvalue weighted by Gasteiger charge is 2.36. The second-order valence-electron chi connectivity index (χ2n) is 5.37. The van der Waals surface area contributed by atoms with E-state index in [2.05, 4.69) is 4.72 Å². The number of nitrogens with one attached hydrogen (secondary N) is 1. The van der Waals surface area contributed by atoms with Crippen molar-refractivity contribution in [1.29, 1.82) is 0 Å². The summed E-state index contributed by atoms with van der Waals surface area (Å²) in [6.07, 6.45) is -4.61. The number of halogens is 4. The first-order chi connectivity index (χ1) is 9.29. The summed E-state index contributed by atoms with van der Waals surface area (Å²) in [5.74, 6) is 0. The zero-order valence-corrected chi connectivity index (χ0v) is 13.6. The molecule has 1 atom stereocenters. The fourth-order valence-corrected chi connectivity index (χ4v) is 3.56. The lowest BCUT2D eigenvalue weighted by Crippen LogP contribution is -2.49. The molecular formula is C13H17ClF3NO2S. The summed E-state index contributed by atoms with van der Waals surface area (Å²) in [5, 5.41) is -0.543. The van der Waals surface area contributed by atoms with Gasteiger partial charge in [-0.2, -0.15) is 13.2 Å². The van der Waals surface area contributed by atoms with E-state index in [4.69, 9.17) is 11.6 Å². The minimum atomic E-state index is -4.61. The van der Waals surface area contributed by atoms with Gasteiger partial charge in [-0.05, 0) is 45.4 Å². The maximum atomic E-state index is 12.8. The minimum Gasteiger partial charge on any atom is -0.207 e. The first kappa shape index (κ1) is 18.3. The molecular weight excluding hydrogens is 327 g/mol. The summed E-state index contributed by atoms with van der Waals surface area (Å²) in [6.45, 7) is 5.86. The molecule has 0 spiro atoms. The molecule has 8 heteroatoms. The van der Waals surface area contributed by atoms with E-state index < -0.39 is 37.6 Å². The molecule has 120 valence electrons. The lowest BCUT2D eigenvalue weighted by atomic mass is 10.0. The SMILES string of the molecule is Cc1c(C(F)(F)F)cccc1S(=O)(=O)NC(C)(C)C(C)Cl. The normalized spacial score (nSPS) is 15.0. The van der Waals surface area contributed by atoms with Gasteiger partial charge < -0.3 is 0 Å². The number of sulfonamides is 1. The molecule has 0 aliphatic rings. The summed E-state index contributed by atoms with van der Waals surface area (Å²) in [5.41, 5.74) is -2.31. The summed E-state index contributed by atoms with van der Waals surface area (Å²) in [7, 11) is -4.11. The number of rotatable bonds is 4. The fraction of sp³-hybridized carbons (Fsp3) is 0.538. The Balaban J connectivity index is 3.35. The number of alkyl halides is 4. The Morgan fingerprint density at radius 3 is 2.19 bits per heavy atom. The van der Waals surface area contributed by atoms with Crippen LogP contribution in [0.15, 0.2) is 23.1 Å². The number of benzene rings is 1. The lowest BCUT2D eigenvalue weighted by Gasteiger charge is -2.29. The topological polar surface area (TPSA) is 46.2 Å². The van der Waals surface area contributed by atoms with E-state index in [1.807, 2.05) is 0 Å². The van der Waals surface area contributed by atoms with Gasteiger partial charge in [-0.1, -0.05) is 6.07 Å². The second kappa shape index (κ2) is 5.78. The van der Waals surface area contributed by atoms with Crippen molar-refractivity contribution < 1.29 is 21.6 Å². The van der Waals surface area contributed by atoms with E-state index in [1.54, 1.807) is 20.8 Å². The predicted molar refractivity (Wildman–Crippen MR) is 75.9 cm³/mol. The molecule has 0 aliphatic heterocycles. The highest BCUT2D eigenvalue weighted by Crippen LogP contribution is 2.34. The van der Waals surface area contributed by atoms with Crippen molar-refractivity contribution in [3.8, 4) is 0 Å². The largest absolute Gasteiger partial charge is 0.416 e.